The largest absolute Gasteiger partial charge is 0.389 e. The lowest BCUT2D eigenvalue weighted by Gasteiger charge is -2.30. The van der Waals surface area contributed by atoms with Gasteiger partial charge in [-0.3, -0.25) is 0 Å². The van der Waals surface area contributed by atoms with E-state index in [1.807, 2.05) is 24.3 Å². The van der Waals surface area contributed by atoms with Gasteiger partial charge in [0.05, 0.1) is 6.10 Å². The Morgan fingerprint density at radius 3 is 2.67 bits per heavy atom. The van der Waals surface area contributed by atoms with Crippen LogP contribution in [0.3, 0.4) is 0 Å². The number of hydrogen-bond acceptors (Lipinski definition) is 4. The number of nitrogens with zero attached hydrogens (tertiary/aromatic N) is 1. The average molecular weight is 315 g/mol. The zero-order valence-electron chi connectivity index (χ0n) is 10.2. The Morgan fingerprint density at radius 1 is 1.28 bits per heavy atom. The van der Waals surface area contributed by atoms with Crippen molar-refractivity contribution in [1.29, 1.82) is 0 Å². The third-order valence-corrected chi connectivity index (χ3v) is 3.88. The summed E-state index contributed by atoms with van der Waals surface area (Å²) in [6.45, 7) is 3.91. The predicted octanol–water partition coefficient (Wildman–Crippen LogP) is 0.885. The third kappa shape index (κ3) is 3.23. The second-order valence-electron chi connectivity index (χ2n) is 4.50. The van der Waals surface area contributed by atoms with Crippen molar-refractivity contribution in [2.24, 2.45) is 0 Å². The van der Waals surface area contributed by atoms with E-state index in [1.165, 1.54) is 0 Å². The maximum atomic E-state index is 10.0. The summed E-state index contributed by atoms with van der Waals surface area (Å²) in [5.41, 5.74) is 1.87. The fourth-order valence-corrected chi connectivity index (χ4v) is 2.49. The number of aliphatic hydroxyl groups is 2. The van der Waals surface area contributed by atoms with Gasteiger partial charge in [0.25, 0.3) is 0 Å². The first-order valence-electron chi connectivity index (χ1n) is 6.20. The Balaban J connectivity index is 2.13. The molecule has 1 aromatic carbocycles. The van der Waals surface area contributed by atoms with E-state index in [-0.39, 0.29) is 0 Å². The van der Waals surface area contributed by atoms with Gasteiger partial charge in [-0.2, -0.15) is 0 Å². The van der Waals surface area contributed by atoms with Gasteiger partial charge < -0.3 is 20.4 Å². The fourth-order valence-electron chi connectivity index (χ4n) is 2.14. The summed E-state index contributed by atoms with van der Waals surface area (Å²) in [7, 11) is 0. The normalized spacial score (nSPS) is 19.6. The van der Waals surface area contributed by atoms with Crippen molar-refractivity contribution < 1.29 is 10.2 Å². The first kappa shape index (κ1) is 13.8. The van der Waals surface area contributed by atoms with Crippen LogP contribution in [-0.2, 0) is 0 Å². The van der Waals surface area contributed by atoms with Crippen molar-refractivity contribution in [2.75, 3.05) is 36.4 Å². The molecule has 18 heavy (non-hydrogen) atoms. The number of aliphatic hydroxyl groups excluding tert-OH is 2. The summed E-state index contributed by atoms with van der Waals surface area (Å²) in [6, 6.07) is 7.78. The van der Waals surface area contributed by atoms with Crippen LogP contribution in [0.15, 0.2) is 24.3 Å². The average Bonchev–Trinajstić information content (AvgIpc) is 2.46. The molecule has 0 saturated carbocycles. The number of hydrogen-bond donors (Lipinski definition) is 3. The standard InChI is InChI=1S/C13H19BrN2O2/c14-9-12(17)13(18)10-2-1-3-11(8-10)16-6-4-15-5-7-16/h1-3,8,12-13,15,17-18H,4-7,9H2. The molecule has 0 bridgehead atoms. The summed E-state index contributed by atoms with van der Waals surface area (Å²) in [5.74, 6) is 0. The number of rotatable bonds is 4. The SMILES string of the molecule is OC(CBr)C(O)c1cccc(N2CCNCC2)c1. The molecule has 1 aliphatic rings. The molecule has 5 heteroatoms. The van der Waals surface area contributed by atoms with Crippen LogP contribution in [0.4, 0.5) is 5.69 Å². The van der Waals surface area contributed by atoms with Crippen LogP contribution >= 0.6 is 15.9 Å². The maximum Gasteiger partial charge on any atom is 0.106 e. The van der Waals surface area contributed by atoms with Crippen molar-refractivity contribution in [2.45, 2.75) is 12.2 Å². The Bertz CT molecular complexity index is 366. The Kier molecular flexibility index (Phi) is 5.00. The highest BCUT2D eigenvalue weighted by molar-refractivity contribution is 9.09. The molecule has 0 amide bonds. The minimum Gasteiger partial charge on any atom is -0.389 e. The van der Waals surface area contributed by atoms with Crippen molar-refractivity contribution in [3.63, 3.8) is 0 Å². The number of nitrogens with one attached hydrogen (secondary N) is 1. The molecule has 1 aliphatic heterocycles. The van der Waals surface area contributed by atoms with Gasteiger partial charge in [0.1, 0.15) is 6.10 Å². The van der Waals surface area contributed by atoms with E-state index in [4.69, 9.17) is 0 Å². The van der Waals surface area contributed by atoms with Crippen LogP contribution in [0, 0.1) is 0 Å². The van der Waals surface area contributed by atoms with Crippen LogP contribution in [-0.4, -0.2) is 47.8 Å². The van der Waals surface area contributed by atoms with Crippen LogP contribution in [0.5, 0.6) is 0 Å². The van der Waals surface area contributed by atoms with E-state index >= 15 is 0 Å². The van der Waals surface area contributed by atoms with Gasteiger partial charge in [-0.05, 0) is 17.7 Å². The molecule has 0 radical (unpaired) electrons. The van der Waals surface area contributed by atoms with Gasteiger partial charge in [0.15, 0.2) is 0 Å². The third-order valence-electron chi connectivity index (χ3n) is 3.22. The Morgan fingerprint density at radius 2 is 2.00 bits per heavy atom. The number of anilines is 1. The van der Waals surface area contributed by atoms with E-state index < -0.39 is 12.2 Å². The van der Waals surface area contributed by atoms with Crippen molar-refractivity contribution in [3.8, 4) is 0 Å². The summed E-state index contributed by atoms with van der Waals surface area (Å²) in [4.78, 5) is 2.28. The van der Waals surface area contributed by atoms with E-state index in [2.05, 4.69) is 26.1 Å². The summed E-state index contributed by atoms with van der Waals surface area (Å²) in [5, 5.41) is 23.3. The van der Waals surface area contributed by atoms with Crippen molar-refractivity contribution >= 4 is 21.6 Å². The molecule has 100 valence electrons. The smallest absolute Gasteiger partial charge is 0.106 e. The van der Waals surface area contributed by atoms with Gasteiger partial charge in [0, 0.05) is 37.2 Å². The Hall–Kier alpha value is -0.620. The maximum absolute atomic E-state index is 10.0. The number of halogens is 1. The van der Waals surface area contributed by atoms with Gasteiger partial charge in [-0.25, -0.2) is 0 Å². The summed E-state index contributed by atoms with van der Waals surface area (Å²) >= 11 is 3.18. The lowest BCUT2D eigenvalue weighted by Crippen LogP contribution is -2.43. The van der Waals surface area contributed by atoms with E-state index in [9.17, 15) is 10.2 Å². The highest BCUT2D eigenvalue weighted by Gasteiger charge is 2.18. The van der Waals surface area contributed by atoms with E-state index in [1.54, 1.807) is 0 Å². The lowest BCUT2D eigenvalue weighted by atomic mass is 10.0. The van der Waals surface area contributed by atoms with Crippen LogP contribution in [0.1, 0.15) is 11.7 Å². The quantitative estimate of drug-likeness (QED) is 0.722. The lowest BCUT2D eigenvalue weighted by molar-refractivity contribution is 0.0343. The molecular formula is C13H19BrN2O2. The zero-order valence-corrected chi connectivity index (χ0v) is 11.8. The molecule has 1 fully saturated rings. The van der Waals surface area contributed by atoms with Crippen LogP contribution in [0.25, 0.3) is 0 Å². The van der Waals surface area contributed by atoms with Gasteiger partial charge in [-0.1, -0.05) is 28.1 Å². The highest BCUT2D eigenvalue weighted by Crippen LogP contribution is 2.23. The first-order valence-corrected chi connectivity index (χ1v) is 7.32. The number of benzene rings is 1. The molecule has 0 aromatic heterocycles. The Labute approximate surface area is 116 Å². The minimum absolute atomic E-state index is 0.367. The zero-order chi connectivity index (χ0) is 13.0. The van der Waals surface area contributed by atoms with Gasteiger partial charge in [-0.15, -0.1) is 0 Å². The molecule has 0 spiro atoms. The second-order valence-corrected chi connectivity index (χ2v) is 5.15. The molecule has 4 nitrogen and oxygen atoms in total. The summed E-state index contributed by atoms with van der Waals surface area (Å²) < 4.78 is 0. The van der Waals surface area contributed by atoms with Gasteiger partial charge in [0.2, 0.25) is 0 Å². The molecule has 0 aliphatic carbocycles. The topological polar surface area (TPSA) is 55.7 Å². The highest BCUT2D eigenvalue weighted by atomic mass is 79.9. The molecule has 1 aromatic rings. The van der Waals surface area contributed by atoms with Gasteiger partial charge >= 0.3 is 0 Å². The van der Waals surface area contributed by atoms with Crippen molar-refractivity contribution in [1.82, 2.24) is 5.32 Å². The monoisotopic (exact) mass is 314 g/mol. The molecule has 1 heterocycles. The number of alkyl halides is 1. The molecular weight excluding hydrogens is 296 g/mol. The fraction of sp³-hybridized carbons (Fsp3) is 0.538. The molecule has 2 unspecified atom stereocenters. The van der Waals surface area contributed by atoms with Crippen molar-refractivity contribution in [3.05, 3.63) is 29.8 Å². The predicted molar refractivity (Wildman–Crippen MR) is 76.3 cm³/mol. The number of piperazine rings is 1. The van der Waals surface area contributed by atoms with E-state index in [0.717, 1.165) is 37.4 Å². The molecule has 1 saturated heterocycles. The first-order chi connectivity index (χ1) is 8.72. The minimum atomic E-state index is -0.841. The summed E-state index contributed by atoms with van der Waals surface area (Å²) in [6.07, 6.45) is -1.62. The second kappa shape index (κ2) is 6.52. The van der Waals surface area contributed by atoms with Crippen LogP contribution in [0.2, 0.25) is 0 Å². The molecule has 3 N–H and O–H groups in total. The van der Waals surface area contributed by atoms with E-state index in [0.29, 0.717) is 5.33 Å². The molecule has 2 rings (SSSR count). The molecule has 2 atom stereocenters. The van der Waals surface area contributed by atoms with Crippen LogP contribution < -0.4 is 10.2 Å².